The highest BCUT2D eigenvalue weighted by molar-refractivity contribution is 5.80. The van der Waals surface area contributed by atoms with Crippen LogP contribution in [0.25, 0.3) is 5.69 Å². The Morgan fingerprint density at radius 3 is 2.78 bits per heavy atom. The van der Waals surface area contributed by atoms with Crippen molar-refractivity contribution in [2.75, 3.05) is 19.8 Å². The van der Waals surface area contributed by atoms with Crippen LogP contribution in [0.1, 0.15) is 20.3 Å². The summed E-state index contributed by atoms with van der Waals surface area (Å²) in [5, 5.41) is 13.8. The summed E-state index contributed by atoms with van der Waals surface area (Å²) in [5.41, 5.74) is 0.815. The zero-order chi connectivity index (χ0) is 16.5. The number of nitrogens with one attached hydrogen (secondary N) is 1. The molecule has 0 saturated carbocycles. The highest BCUT2D eigenvalue weighted by Crippen LogP contribution is 2.15. The Bertz CT molecular complexity index is 586. The van der Waals surface area contributed by atoms with Crippen LogP contribution in [0.4, 0.5) is 0 Å². The van der Waals surface area contributed by atoms with Crippen LogP contribution in [0.2, 0.25) is 0 Å². The fourth-order valence-corrected chi connectivity index (χ4v) is 1.89. The Balaban J connectivity index is 1.78. The van der Waals surface area contributed by atoms with Crippen molar-refractivity contribution < 1.29 is 14.3 Å². The SMILES string of the molecule is CCOCCCNC(=O)[C@H](C)Oc1ccc(-n2cnnn2)cc1. The van der Waals surface area contributed by atoms with Gasteiger partial charge in [0.2, 0.25) is 0 Å². The highest BCUT2D eigenvalue weighted by Gasteiger charge is 2.14. The van der Waals surface area contributed by atoms with E-state index in [4.69, 9.17) is 9.47 Å². The molecule has 0 aliphatic rings. The molecule has 124 valence electrons. The van der Waals surface area contributed by atoms with E-state index < -0.39 is 6.10 Å². The van der Waals surface area contributed by atoms with Crippen LogP contribution >= 0.6 is 0 Å². The van der Waals surface area contributed by atoms with Gasteiger partial charge in [-0.2, -0.15) is 0 Å². The van der Waals surface area contributed by atoms with Gasteiger partial charge in [0.25, 0.3) is 5.91 Å². The van der Waals surface area contributed by atoms with Crippen LogP contribution < -0.4 is 10.1 Å². The Morgan fingerprint density at radius 1 is 1.35 bits per heavy atom. The molecule has 0 fully saturated rings. The number of rotatable bonds is 9. The fraction of sp³-hybridized carbons (Fsp3) is 0.467. The molecule has 0 saturated heterocycles. The lowest BCUT2D eigenvalue weighted by Gasteiger charge is -2.15. The van der Waals surface area contributed by atoms with Crippen molar-refractivity contribution in [1.29, 1.82) is 0 Å². The van der Waals surface area contributed by atoms with Gasteiger partial charge in [-0.3, -0.25) is 4.79 Å². The summed E-state index contributed by atoms with van der Waals surface area (Å²) in [4.78, 5) is 11.9. The number of hydrogen-bond donors (Lipinski definition) is 1. The standard InChI is InChI=1S/C15H21N5O3/c1-3-22-10-4-9-16-15(21)12(2)23-14-7-5-13(6-8-14)20-11-17-18-19-20/h5-8,11-12H,3-4,9-10H2,1-2H3,(H,16,21)/t12-/m0/s1. The summed E-state index contributed by atoms with van der Waals surface area (Å²) in [7, 11) is 0. The summed E-state index contributed by atoms with van der Waals surface area (Å²) in [5.74, 6) is 0.463. The molecule has 1 amide bonds. The predicted molar refractivity (Wildman–Crippen MR) is 83.4 cm³/mol. The van der Waals surface area contributed by atoms with Gasteiger partial charge in [0, 0.05) is 19.8 Å². The van der Waals surface area contributed by atoms with Gasteiger partial charge >= 0.3 is 0 Å². The Morgan fingerprint density at radius 2 is 2.13 bits per heavy atom. The molecule has 1 aromatic heterocycles. The molecule has 0 spiro atoms. The van der Waals surface area contributed by atoms with Gasteiger partial charge in [-0.1, -0.05) is 0 Å². The molecule has 8 heteroatoms. The lowest BCUT2D eigenvalue weighted by Crippen LogP contribution is -2.37. The van der Waals surface area contributed by atoms with E-state index in [1.165, 1.54) is 11.0 Å². The monoisotopic (exact) mass is 319 g/mol. The molecule has 0 unspecified atom stereocenters. The Hall–Kier alpha value is -2.48. The van der Waals surface area contributed by atoms with Crippen LogP contribution in [-0.4, -0.2) is 52.0 Å². The number of ether oxygens (including phenoxy) is 2. The van der Waals surface area contributed by atoms with E-state index in [0.717, 1.165) is 12.1 Å². The van der Waals surface area contributed by atoms with Gasteiger partial charge in [0.1, 0.15) is 12.1 Å². The van der Waals surface area contributed by atoms with E-state index in [2.05, 4.69) is 20.8 Å². The fourth-order valence-electron chi connectivity index (χ4n) is 1.89. The van der Waals surface area contributed by atoms with Crippen molar-refractivity contribution in [1.82, 2.24) is 25.5 Å². The number of carbonyl (C=O) groups excluding carboxylic acids is 1. The molecule has 23 heavy (non-hydrogen) atoms. The van der Waals surface area contributed by atoms with E-state index in [-0.39, 0.29) is 5.91 Å². The van der Waals surface area contributed by atoms with Crippen molar-refractivity contribution in [2.24, 2.45) is 0 Å². The number of nitrogens with zero attached hydrogens (tertiary/aromatic N) is 4. The molecule has 1 aromatic carbocycles. The minimum Gasteiger partial charge on any atom is -0.481 e. The summed E-state index contributed by atoms with van der Waals surface area (Å²) in [6.45, 7) is 5.57. The number of carbonyl (C=O) groups is 1. The first-order valence-electron chi connectivity index (χ1n) is 7.56. The third kappa shape index (κ3) is 5.33. The average molecular weight is 319 g/mol. The van der Waals surface area contributed by atoms with Crippen LogP contribution in [0.15, 0.2) is 30.6 Å². The summed E-state index contributed by atoms with van der Waals surface area (Å²) < 4.78 is 12.4. The summed E-state index contributed by atoms with van der Waals surface area (Å²) in [6.07, 6.45) is 1.72. The van der Waals surface area contributed by atoms with Gasteiger partial charge in [-0.25, -0.2) is 4.68 Å². The molecule has 0 aliphatic carbocycles. The molecular weight excluding hydrogens is 298 g/mol. The first-order valence-corrected chi connectivity index (χ1v) is 7.56. The van der Waals surface area contributed by atoms with Gasteiger partial charge in [-0.15, -0.1) is 5.10 Å². The second-order valence-electron chi connectivity index (χ2n) is 4.85. The van der Waals surface area contributed by atoms with Gasteiger partial charge in [-0.05, 0) is 55.0 Å². The second-order valence-corrected chi connectivity index (χ2v) is 4.85. The quantitative estimate of drug-likeness (QED) is 0.693. The van der Waals surface area contributed by atoms with Crippen molar-refractivity contribution in [3.63, 3.8) is 0 Å². The highest BCUT2D eigenvalue weighted by atomic mass is 16.5. The van der Waals surface area contributed by atoms with E-state index in [9.17, 15) is 4.79 Å². The molecule has 0 aliphatic heterocycles. The van der Waals surface area contributed by atoms with E-state index >= 15 is 0 Å². The lowest BCUT2D eigenvalue weighted by molar-refractivity contribution is -0.127. The predicted octanol–water partition coefficient (Wildman–Crippen LogP) is 0.972. The summed E-state index contributed by atoms with van der Waals surface area (Å²) >= 11 is 0. The number of benzene rings is 1. The van der Waals surface area contributed by atoms with E-state index in [1.54, 1.807) is 19.1 Å². The van der Waals surface area contributed by atoms with Crippen LogP contribution in [-0.2, 0) is 9.53 Å². The van der Waals surface area contributed by atoms with Crippen LogP contribution in [0.5, 0.6) is 5.75 Å². The largest absolute Gasteiger partial charge is 0.481 e. The maximum Gasteiger partial charge on any atom is 0.260 e. The second kappa shape index (κ2) is 8.84. The molecule has 1 N–H and O–H groups in total. The topological polar surface area (TPSA) is 91.2 Å². The van der Waals surface area contributed by atoms with Gasteiger partial charge < -0.3 is 14.8 Å². The molecule has 0 radical (unpaired) electrons. The molecule has 2 rings (SSSR count). The number of amides is 1. The van der Waals surface area contributed by atoms with Gasteiger partial charge in [0.05, 0.1) is 5.69 Å². The molecule has 0 bridgehead atoms. The van der Waals surface area contributed by atoms with Crippen molar-refractivity contribution in [3.05, 3.63) is 30.6 Å². The minimum atomic E-state index is -0.569. The summed E-state index contributed by atoms with van der Waals surface area (Å²) in [6, 6.07) is 7.18. The first kappa shape index (κ1) is 16.9. The van der Waals surface area contributed by atoms with E-state index in [0.29, 0.717) is 25.5 Å². The van der Waals surface area contributed by atoms with Crippen molar-refractivity contribution in [3.8, 4) is 11.4 Å². The number of tetrazole rings is 1. The van der Waals surface area contributed by atoms with Crippen molar-refractivity contribution >= 4 is 5.91 Å². The first-order chi connectivity index (χ1) is 11.2. The smallest absolute Gasteiger partial charge is 0.260 e. The molecule has 1 atom stereocenters. The van der Waals surface area contributed by atoms with Crippen LogP contribution in [0.3, 0.4) is 0 Å². The molecule has 1 heterocycles. The Kier molecular flexibility index (Phi) is 6.49. The number of hydrogen-bond acceptors (Lipinski definition) is 6. The average Bonchev–Trinajstić information content (AvgIpc) is 3.09. The molecular formula is C15H21N5O3. The van der Waals surface area contributed by atoms with E-state index in [1.807, 2.05) is 19.1 Å². The maximum atomic E-state index is 11.9. The molecule has 8 nitrogen and oxygen atoms in total. The number of aromatic nitrogens is 4. The van der Waals surface area contributed by atoms with Gasteiger partial charge in [0.15, 0.2) is 6.10 Å². The molecule has 2 aromatic rings. The Labute approximate surface area is 134 Å². The lowest BCUT2D eigenvalue weighted by atomic mass is 10.3. The maximum absolute atomic E-state index is 11.9. The van der Waals surface area contributed by atoms with Crippen molar-refractivity contribution in [2.45, 2.75) is 26.4 Å². The van der Waals surface area contributed by atoms with Crippen LogP contribution in [0, 0.1) is 0 Å². The third-order valence-corrected chi connectivity index (χ3v) is 3.10. The normalized spacial score (nSPS) is 11.9. The zero-order valence-corrected chi connectivity index (χ0v) is 13.3. The third-order valence-electron chi connectivity index (χ3n) is 3.10. The minimum absolute atomic E-state index is 0.147. The zero-order valence-electron chi connectivity index (χ0n) is 13.3.